The molecule has 7 nitrogen and oxygen atoms in total. The molecule has 0 radical (unpaired) electrons. The molecule has 1 N–H and O–H groups in total. The van der Waals surface area contributed by atoms with Crippen LogP contribution in [0.4, 0.5) is 5.69 Å². The zero-order valence-corrected chi connectivity index (χ0v) is 22.7. The van der Waals surface area contributed by atoms with E-state index in [1.165, 1.54) is 0 Å². The summed E-state index contributed by atoms with van der Waals surface area (Å²) in [5.41, 5.74) is 6.17. The van der Waals surface area contributed by atoms with Crippen molar-refractivity contribution >= 4 is 31.6 Å². The van der Waals surface area contributed by atoms with Gasteiger partial charge < -0.3 is 0 Å². The Hall–Kier alpha value is -3.61. The van der Waals surface area contributed by atoms with Gasteiger partial charge >= 0.3 is 0 Å². The highest BCUT2D eigenvalue weighted by atomic mass is 79.9. The van der Waals surface area contributed by atoms with E-state index >= 15 is 0 Å². The normalized spacial score (nSPS) is 11.0. The smallest absolute Gasteiger partial charge is 0.262 e. The molecule has 3 aromatic heterocycles. The highest BCUT2D eigenvalue weighted by Crippen LogP contribution is 2.25. The second kappa shape index (κ2) is 10.6. The molecular weight excluding hydrogens is 538 g/mol. The Labute approximate surface area is 219 Å². The summed E-state index contributed by atoms with van der Waals surface area (Å²) in [5, 5.41) is 0. The lowest BCUT2D eigenvalue weighted by Gasteiger charge is -2.12. The van der Waals surface area contributed by atoms with Gasteiger partial charge in [0.15, 0.2) is 0 Å². The highest BCUT2D eigenvalue weighted by molar-refractivity contribution is 9.10. The van der Waals surface area contributed by atoms with Crippen molar-refractivity contribution in [1.29, 1.82) is 0 Å². The lowest BCUT2D eigenvalue weighted by Crippen LogP contribution is -2.15. The van der Waals surface area contributed by atoms with E-state index < -0.39 is 10.0 Å². The maximum absolute atomic E-state index is 13.1. The molecular formula is C27H24BrN5O2S. The maximum atomic E-state index is 13.1. The molecule has 0 atom stereocenters. The molecule has 0 saturated carbocycles. The number of pyridine rings is 2. The Kier molecular flexibility index (Phi) is 7.48. The van der Waals surface area contributed by atoms with Gasteiger partial charge in [-0.15, -0.1) is 0 Å². The molecule has 36 heavy (non-hydrogen) atoms. The van der Waals surface area contributed by atoms with E-state index in [0.29, 0.717) is 28.9 Å². The number of nitrogens with zero attached hydrogens (tertiary/aromatic N) is 4. The number of benzene rings is 1. The van der Waals surface area contributed by atoms with Crippen molar-refractivity contribution in [3.05, 3.63) is 93.4 Å². The lowest BCUT2D eigenvalue weighted by molar-refractivity contribution is 0.600. The monoisotopic (exact) mass is 561 g/mol. The number of hydrogen-bond acceptors (Lipinski definition) is 6. The van der Waals surface area contributed by atoms with Gasteiger partial charge in [0.05, 0.1) is 33.2 Å². The standard InChI is InChI=1S/C27H24BrN5O2S/c1-5-24-23(27(32-16-31-24)21-10-11-29-18(3)13-21)8-6-20-14-25(19(4)30-15-20)33-36(34,35)26-9-7-22(28)12-17(26)2/h7,9-16,33H,5H2,1-4H3. The molecule has 0 unspecified atom stereocenters. The van der Waals surface area contributed by atoms with Gasteiger partial charge in [-0.3, -0.25) is 14.7 Å². The van der Waals surface area contributed by atoms with Gasteiger partial charge in [0.2, 0.25) is 0 Å². The van der Waals surface area contributed by atoms with Crippen LogP contribution < -0.4 is 4.72 Å². The zero-order chi connectivity index (χ0) is 25.9. The van der Waals surface area contributed by atoms with E-state index in [0.717, 1.165) is 32.7 Å². The van der Waals surface area contributed by atoms with Crippen LogP contribution in [0.25, 0.3) is 11.3 Å². The summed E-state index contributed by atoms with van der Waals surface area (Å²) in [5.74, 6) is 6.33. The van der Waals surface area contributed by atoms with Gasteiger partial charge in [0, 0.05) is 33.7 Å². The predicted molar refractivity (Wildman–Crippen MR) is 144 cm³/mol. The third-order valence-electron chi connectivity index (χ3n) is 5.52. The van der Waals surface area contributed by atoms with Gasteiger partial charge in [0.25, 0.3) is 10.0 Å². The number of aromatic nitrogens is 4. The minimum Gasteiger partial charge on any atom is -0.278 e. The number of halogens is 1. The molecule has 0 fully saturated rings. The van der Waals surface area contributed by atoms with Gasteiger partial charge in [-0.2, -0.15) is 0 Å². The Morgan fingerprint density at radius 2 is 1.78 bits per heavy atom. The van der Waals surface area contributed by atoms with Crippen LogP contribution in [0, 0.1) is 32.6 Å². The van der Waals surface area contributed by atoms with E-state index in [9.17, 15) is 8.42 Å². The van der Waals surface area contributed by atoms with Crippen LogP contribution in [0.15, 0.2) is 64.5 Å². The quantitative estimate of drug-likeness (QED) is 0.328. The first-order chi connectivity index (χ1) is 17.2. The lowest BCUT2D eigenvalue weighted by atomic mass is 10.0. The number of rotatable bonds is 5. The fourth-order valence-corrected chi connectivity index (χ4v) is 5.50. The van der Waals surface area contributed by atoms with Crippen molar-refractivity contribution in [2.75, 3.05) is 4.72 Å². The summed E-state index contributed by atoms with van der Waals surface area (Å²) in [6, 6.07) is 10.6. The fourth-order valence-electron chi connectivity index (χ4n) is 3.69. The van der Waals surface area contributed by atoms with Crippen LogP contribution in [-0.2, 0) is 16.4 Å². The summed E-state index contributed by atoms with van der Waals surface area (Å²) in [6.45, 7) is 7.43. The molecule has 0 spiro atoms. The first-order valence-corrected chi connectivity index (χ1v) is 13.5. The molecule has 0 aliphatic heterocycles. The van der Waals surface area contributed by atoms with Crippen molar-refractivity contribution in [3.63, 3.8) is 0 Å². The molecule has 4 aromatic rings. The summed E-state index contributed by atoms with van der Waals surface area (Å²) in [4.78, 5) is 17.7. The predicted octanol–water partition coefficient (Wildman–Crippen LogP) is 5.38. The van der Waals surface area contributed by atoms with E-state index in [4.69, 9.17) is 0 Å². The van der Waals surface area contributed by atoms with E-state index in [1.807, 2.05) is 26.0 Å². The number of sulfonamides is 1. The number of aryl methyl sites for hydroxylation is 4. The second-order valence-electron chi connectivity index (χ2n) is 8.21. The maximum Gasteiger partial charge on any atom is 0.262 e. The van der Waals surface area contributed by atoms with Crippen LogP contribution in [0.3, 0.4) is 0 Å². The molecule has 3 heterocycles. The fraction of sp³-hybridized carbons (Fsp3) is 0.185. The van der Waals surface area contributed by atoms with Crippen molar-refractivity contribution in [2.24, 2.45) is 0 Å². The van der Waals surface area contributed by atoms with Crippen LogP contribution >= 0.6 is 15.9 Å². The molecule has 4 rings (SSSR count). The summed E-state index contributed by atoms with van der Waals surface area (Å²) in [7, 11) is -3.81. The second-order valence-corrected chi connectivity index (χ2v) is 10.8. The van der Waals surface area contributed by atoms with Crippen LogP contribution in [-0.4, -0.2) is 28.4 Å². The molecule has 9 heteroatoms. The molecule has 0 aliphatic carbocycles. The minimum atomic E-state index is -3.81. The van der Waals surface area contributed by atoms with Crippen LogP contribution in [0.5, 0.6) is 0 Å². The van der Waals surface area contributed by atoms with Crippen molar-refractivity contribution in [2.45, 2.75) is 39.0 Å². The van der Waals surface area contributed by atoms with E-state index in [2.05, 4.69) is 52.4 Å². The van der Waals surface area contributed by atoms with E-state index in [1.54, 1.807) is 56.8 Å². The molecule has 182 valence electrons. The topological polar surface area (TPSA) is 97.7 Å². The van der Waals surface area contributed by atoms with Crippen LogP contribution in [0.1, 0.15) is 40.7 Å². The molecule has 0 saturated heterocycles. The molecule has 0 aliphatic rings. The first-order valence-electron chi connectivity index (χ1n) is 11.2. The average molecular weight is 562 g/mol. The third-order valence-corrected chi connectivity index (χ3v) is 7.54. The van der Waals surface area contributed by atoms with E-state index in [-0.39, 0.29) is 4.90 Å². The number of hydrogen-bond donors (Lipinski definition) is 1. The Morgan fingerprint density at radius 1 is 0.972 bits per heavy atom. The zero-order valence-electron chi connectivity index (χ0n) is 20.3. The Balaban J connectivity index is 1.72. The third kappa shape index (κ3) is 5.61. The van der Waals surface area contributed by atoms with Gasteiger partial charge in [-0.05, 0) is 69.2 Å². The van der Waals surface area contributed by atoms with Crippen molar-refractivity contribution < 1.29 is 8.42 Å². The van der Waals surface area contributed by atoms with Gasteiger partial charge in [-0.1, -0.05) is 34.7 Å². The first kappa shape index (κ1) is 25.5. The molecule has 0 bridgehead atoms. The van der Waals surface area contributed by atoms with Crippen molar-refractivity contribution in [1.82, 2.24) is 19.9 Å². The Morgan fingerprint density at radius 3 is 2.50 bits per heavy atom. The average Bonchev–Trinajstić information content (AvgIpc) is 2.84. The SMILES string of the molecule is CCc1ncnc(-c2ccnc(C)c2)c1C#Cc1cnc(C)c(NS(=O)(=O)c2ccc(Br)cc2C)c1. The Bertz CT molecular complexity index is 1630. The minimum absolute atomic E-state index is 0.202. The summed E-state index contributed by atoms with van der Waals surface area (Å²) in [6.07, 6.45) is 5.59. The molecule has 1 aromatic carbocycles. The van der Waals surface area contributed by atoms with Gasteiger partial charge in [-0.25, -0.2) is 18.4 Å². The largest absolute Gasteiger partial charge is 0.278 e. The molecule has 0 amide bonds. The number of anilines is 1. The van der Waals surface area contributed by atoms with Crippen LogP contribution in [0.2, 0.25) is 0 Å². The van der Waals surface area contributed by atoms with Gasteiger partial charge in [0.1, 0.15) is 6.33 Å². The number of nitrogens with one attached hydrogen (secondary N) is 1. The highest BCUT2D eigenvalue weighted by Gasteiger charge is 2.18. The summed E-state index contributed by atoms with van der Waals surface area (Å²) >= 11 is 3.37. The van der Waals surface area contributed by atoms with Crippen molar-refractivity contribution in [3.8, 4) is 23.1 Å². The summed E-state index contributed by atoms with van der Waals surface area (Å²) < 4.78 is 29.6.